The molecule has 6 heteroatoms. The highest BCUT2D eigenvalue weighted by Crippen LogP contribution is 2.23. The van der Waals surface area contributed by atoms with Crippen LogP contribution < -0.4 is 0 Å². The molecule has 0 aliphatic rings. The van der Waals surface area contributed by atoms with Crippen molar-refractivity contribution in [1.82, 2.24) is 0 Å². The third-order valence-corrected chi connectivity index (χ3v) is 2.71. The van der Waals surface area contributed by atoms with E-state index in [4.69, 9.17) is 10.4 Å². The summed E-state index contributed by atoms with van der Waals surface area (Å²) in [5.41, 5.74) is 0.328. The normalized spacial score (nSPS) is 14.0. The lowest BCUT2D eigenvalue weighted by atomic mass is 10.1. The van der Waals surface area contributed by atoms with Gasteiger partial charge in [-0.1, -0.05) is 0 Å². The van der Waals surface area contributed by atoms with Gasteiger partial charge in [0.05, 0.1) is 13.2 Å². The van der Waals surface area contributed by atoms with Gasteiger partial charge in [0, 0.05) is 0 Å². The monoisotopic (exact) mass is 227 g/mol. The Hall–Kier alpha value is -1.42. The molecule has 2 unspecified atom stereocenters. The number of carbonyl (C=O) groups is 1. The Kier molecular flexibility index (Phi) is 3.80. The minimum absolute atomic E-state index is 0.316. The van der Waals surface area contributed by atoms with Gasteiger partial charge in [-0.15, -0.1) is 11.3 Å². The number of nitriles is 1. The summed E-state index contributed by atoms with van der Waals surface area (Å²) in [4.78, 5) is 11.4. The fourth-order valence-corrected chi connectivity index (χ4v) is 1.82. The molecule has 0 spiro atoms. The summed E-state index contributed by atoms with van der Waals surface area (Å²) in [6.45, 7) is 0. The van der Waals surface area contributed by atoms with E-state index >= 15 is 0 Å². The zero-order chi connectivity index (χ0) is 11.4. The molecule has 0 saturated heterocycles. The second-order valence-electron chi connectivity index (χ2n) is 2.75. The van der Waals surface area contributed by atoms with E-state index in [0.29, 0.717) is 10.4 Å². The van der Waals surface area contributed by atoms with Crippen molar-refractivity contribution < 1.29 is 19.7 Å². The molecule has 0 amide bonds. The molecule has 1 heterocycles. The first-order valence-corrected chi connectivity index (χ1v) is 4.90. The van der Waals surface area contributed by atoms with Crippen LogP contribution in [-0.2, 0) is 4.74 Å². The van der Waals surface area contributed by atoms with E-state index < -0.39 is 18.2 Å². The van der Waals surface area contributed by atoms with E-state index in [1.807, 2.05) is 0 Å². The Bertz CT molecular complexity index is 395. The van der Waals surface area contributed by atoms with Crippen LogP contribution in [0.2, 0.25) is 0 Å². The molecule has 15 heavy (non-hydrogen) atoms. The average Bonchev–Trinajstić information content (AvgIpc) is 2.75. The highest BCUT2D eigenvalue weighted by Gasteiger charge is 2.20. The second-order valence-corrected chi connectivity index (χ2v) is 3.67. The first-order chi connectivity index (χ1) is 7.10. The van der Waals surface area contributed by atoms with Crippen molar-refractivity contribution >= 4 is 17.3 Å². The summed E-state index contributed by atoms with van der Waals surface area (Å²) in [5.74, 6) is -0.509. The Morgan fingerprint density at radius 2 is 2.33 bits per heavy atom. The molecule has 0 radical (unpaired) electrons. The molecule has 1 rings (SSSR count). The lowest BCUT2D eigenvalue weighted by Crippen LogP contribution is -2.15. The fraction of sp³-hybridized carbons (Fsp3) is 0.333. The number of hydrogen-bond donors (Lipinski definition) is 2. The van der Waals surface area contributed by atoms with Gasteiger partial charge in [0.2, 0.25) is 0 Å². The molecule has 0 bridgehead atoms. The van der Waals surface area contributed by atoms with Crippen LogP contribution in [0, 0.1) is 11.3 Å². The molecule has 2 N–H and O–H groups in total. The Morgan fingerprint density at radius 1 is 1.67 bits per heavy atom. The molecular formula is C9H9NO4S. The molecule has 5 nitrogen and oxygen atoms in total. The number of hydrogen-bond acceptors (Lipinski definition) is 6. The number of carbonyl (C=O) groups excluding carboxylic acids is 1. The summed E-state index contributed by atoms with van der Waals surface area (Å²) in [6.07, 6.45) is -2.80. The van der Waals surface area contributed by atoms with Crippen LogP contribution in [0.3, 0.4) is 0 Å². The predicted octanol–water partition coefficient (Wildman–Crippen LogP) is 0.453. The first-order valence-electron chi connectivity index (χ1n) is 4.02. The minimum atomic E-state index is -1.50. The van der Waals surface area contributed by atoms with Crippen molar-refractivity contribution in [1.29, 1.82) is 5.26 Å². The standard InChI is InChI=1S/C9H9NO4S/c1-14-9(13)7-2-5(4-15-7)8(12)6(11)3-10/h2,4,6,8,11-12H,1H3. The number of thiophene rings is 1. The third kappa shape index (κ3) is 2.53. The smallest absolute Gasteiger partial charge is 0.348 e. The maximum Gasteiger partial charge on any atom is 0.348 e. The lowest BCUT2D eigenvalue weighted by molar-refractivity contribution is 0.0527. The van der Waals surface area contributed by atoms with E-state index in [9.17, 15) is 9.90 Å². The number of aliphatic hydroxyl groups is 2. The second kappa shape index (κ2) is 4.89. The Morgan fingerprint density at radius 3 is 2.87 bits per heavy atom. The molecule has 0 fully saturated rings. The Labute approximate surface area is 90.2 Å². The maximum atomic E-state index is 11.1. The van der Waals surface area contributed by atoms with Gasteiger partial charge in [-0.05, 0) is 17.0 Å². The predicted molar refractivity (Wildman–Crippen MR) is 52.2 cm³/mol. The van der Waals surface area contributed by atoms with Gasteiger partial charge in [0.15, 0.2) is 6.10 Å². The molecule has 0 saturated carbocycles. The van der Waals surface area contributed by atoms with E-state index in [1.54, 1.807) is 0 Å². The summed E-state index contributed by atoms with van der Waals surface area (Å²) in [7, 11) is 1.25. The van der Waals surface area contributed by atoms with Gasteiger partial charge in [-0.25, -0.2) is 4.79 Å². The van der Waals surface area contributed by atoms with Crippen molar-refractivity contribution in [2.75, 3.05) is 7.11 Å². The van der Waals surface area contributed by atoms with E-state index in [0.717, 1.165) is 11.3 Å². The molecule has 0 aliphatic carbocycles. The molecule has 80 valence electrons. The van der Waals surface area contributed by atoms with Gasteiger partial charge >= 0.3 is 5.97 Å². The van der Waals surface area contributed by atoms with Gasteiger partial charge in [0.25, 0.3) is 0 Å². The molecule has 2 atom stereocenters. The van der Waals surface area contributed by atoms with Gasteiger partial charge in [-0.3, -0.25) is 0 Å². The summed E-state index contributed by atoms with van der Waals surface area (Å²) < 4.78 is 4.48. The van der Waals surface area contributed by atoms with Crippen LogP contribution in [0.25, 0.3) is 0 Å². The molecule has 1 aromatic rings. The molecule has 0 aliphatic heterocycles. The SMILES string of the molecule is COC(=O)c1cc(C(O)C(O)C#N)cs1. The van der Waals surface area contributed by atoms with Crippen molar-refractivity contribution in [3.05, 3.63) is 21.9 Å². The van der Waals surface area contributed by atoms with Crippen LogP contribution in [-0.4, -0.2) is 29.4 Å². The maximum absolute atomic E-state index is 11.1. The van der Waals surface area contributed by atoms with E-state index in [-0.39, 0.29) is 0 Å². The summed E-state index contributed by atoms with van der Waals surface area (Å²) in [6, 6.07) is 2.90. The molecule has 0 aromatic carbocycles. The Balaban J connectivity index is 2.85. The zero-order valence-corrected chi connectivity index (χ0v) is 8.69. The number of ether oxygens (including phenoxy) is 1. The van der Waals surface area contributed by atoms with Gasteiger partial charge in [0.1, 0.15) is 11.0 Å². The first kappa shape index (κ1) is 11.7. The van der Waals surface area contributed by atoms with Gasteiger partial charge < -0.3 is 14.9 Å². The number of methoxy groups -OCH3 is 1. The van der Waals surface area contributed by atoms with Gasteiger partial charge in [-0.2, -0.15) is 5.26 Å². The molecular weight excluding hydrogens is 218 g/mol. The summed E-state index contributed by atoms with van der Waals surface area (Å²) >= 11 is 1.08. The van der Waals surface area contributed by atoms with Crippen LogP contribution in [0.15, 0.2) is 11.4 Å². The number of nitrogens with zero attached hydrogens (tertiary/aromatic N) is 1. The number of rotatable bonds is 3. The van der Waals surface area contributed by atoms with Crippen molar-refractivity contribution in [3.63, 3.8) is 0 Å². The zero-order valence-electron chi connectivity index (χ0n) is 7.88. The van der Waals surface area contributed by atoms with E-state index in [1.165, 1.54) is 24.6 Å². The topological polar surface area (TPSA) is 90.6 Å². The summed E-state index contributed by atoms with van der Waals surface area (Å²) in [5, 5.41) is 28.4. The van der Waals surface area contributed by atoms with Crippen LogP contribution in [0.5, 0.6) is 0 Å². The highest BCUT2D eigenvalue weighted by molar-refractivity contribution is 7.12. The van der Waals surface area contributed by atoms with Crippen molar-refractivity contribution in [3.8, 4) is 6.07 Å². The fourth-order valence-electron chi connectivity index (χ4n) is 0.967. The van der Waals surface area contributed by atoms with Crippen LogP contribution >= 0.6 is 11.3 Å². The third-order valence-electron chi connectivity index (χ3n) is 1.78. The number of aliphatic hydroxyl groups excluding tert-OH is 2. The number of esters is 1. The largest absolute Gasteiger partial charge is 0.465 e. The van der Waals surface area contributed by atoms with Crippen LogP contribution in [0.4, 0.5) is 0 Å². The van der Waals surface area contributed by atoms with Crippen molar-refractivity contribution in [2.45, 2.75) is 12.2 Å². The highest BCUT2D eigenvalue weighted by atomic mass is 32.1. The average molecular weight is 227 g/mol. The quantitative estimate of drug-likeness (QED) is 0.578. The van der Waals surface area contributed by atoms with Crippen molar-refractivity contribution in [2.24, 2.45) is 0 Å². The van der Waals surface area contributed by atoms with Crippen LogP contribution in [0.1, 0.15) is 21.3 Å². The molecule has 1 aromatic heterocycles. The minimum Gasteiger partial charge on any atom is -0.465 e. The van der Waals surface area contributed by atoms with E-state index in [2.05, 4.69) is 4.74 Å². The lowest BCUT2D eigenvalue weighted by Gasteiger charge is -2.08.